The van der Waals surface area contributed by atoms with E-state index in [2.05, 4.69) is 27.9 Å². The fraction of sp³-hybridized carbons (Fsp3) is 0.409. The topological polar surface area (TPSA) is 56.8 Å². The number of nitrogens with one attached hydrogen (secondary N) is 2. The van der Waals surface area contributed by atoms with Crippen LogP contribution >= 0.6 is 11.6 Å². The van der Waals surface area contributed by atoms with Crippen LogP contribution in [0, 0.1) is 0 Å². The molecule has 0 aliphatic carbocycles. The summed E-state index contributed by atoms with van der Waals surface area (Å²) in [5.74, 6) is 0.883. The van der Waals surface area contributed by atoms with E-state index in [1.54, 1.807) is 0 Å². The molecule has 2 saturated heterocycles. The van der Waals surface area contributed by atoms with Crippen LogP contribution in [0.1, 0.15) is 35.3 Å². The Labute approximate surface area is 176 Å². The van der Waals surface area contributed by atoms with E-state index in [9.17, 15) is 4.79 Å². The van der Waals surface area contributed by atoms with Gasteiger partial charge in [0.15, 0.2) is 0 Å². The van der Waals surface area contributed by atoms with E-state index < -0.39 is 0 Å². The zero-order valence-corrected chi connectivity index (χ0v) is 17.4. The average Bonchev–Trinajstić information content (AvgIpc) is 3.25. The minimum Gasteiger partial charge on any atom is -0.494 e. The first-order chi connectivity index (χ1) is 14.1. The molecule has 4 rings (SSSR count). The summed E-state index contributed by atoms with van der Waals surface area (Å²) < 4.78 is 5.45. The number of ether oxygens (including phenoxy) is 1. The number of halogens is 1. The number of hydrogen-bond donors (Lipinski definition) is 2. The Kier molecular flexibility index (Phi) is 6.35. The van der Waals surface area contributed by atoms with Gasteiger partial charge in [0, 0.05) is 42.8 Å². The maximum Gasteiger partial charge on any atom is 0.253 e. The van der Waals surface area contributed by atoms with Crippen molar-refractivity contribution in [2.24, 2.45) is 0 Å². The molecule has 7 heteroatoms. The van der Waals surface area contributed by atoms with Crippen molar-refractivity contribution in [3.8, 4) is 5.75 Å². The van der Waals surface area contributed by atoms with Crippen molar-refractivity contribution in [3.63, 3.8) is 0 Å². The number of hydrogen-bond acceptors (Lipinski definition) is 5. The molecule has 2 aromatic rings. The van der Waals surface area contributed by atoms with Gasteiger partial charge in [-0.1, -0.05) is 23.7 Å². The third kappa shape index (κ3) is 4.73. The lowest BCUT2D eigenvalue weighted by molar-refractivity contribution is 0.0545. The smallest absolute Gasteiger partial charge is 0.253 e. The Morgan fingerprint density at radius 3 is 2.38 bits per heavy atom. The average molecular weight is 415 g/mol. The van der Waals surface area contributed by atoms with Crippen molar-refractivity contribution in [1.29, 1.82) is 0 Å². The highest BCUT2D eigenvalue weighted by Gasteiger charge is 2.32. The summed E-state index contributed by atoms with van der Waals surface area (Å²) >= 11 is 5.99. The summed E-state index contributed by atoms with van der Waals surface area (Å²) in [6.07, 6.45) is 1.24. The number of carbonyl (C=O) groups excluding carboxylic acids is 1. The second-order valence-corrected chi connectivity index (χ2v) is 7.87. The van der Waals surface area contributed by atoms with Crippen LogP contribution in [0.2, 0.25) is 5.02 Å². The minimum absolute atomic E-state index is 0.0873. The molecule has 29 heavy (non-hydrogen) atoms. The molecule has 154 valence electrons. The second kappa shape index (κ2) is 9.13. The number of rotatable bonds is 5. The van der Waals surface area contributed by atoms with Crippen molar-refractivity contribution < 1.29 is 9.53 Å². The number of piperazine rings is 1. The first-order valence-electron chi connectivity index (χ1n) is 10.2. The second-order valence-electron chi connectivity index (χ2n) is 7.43. The standard InChI is InChI=1S/C22H27ClN4O2/c1-2-29-19-9-5-17(6-10-19)22(28)27-13-11-26(12-14-27)21-15-20(24-25-21)16-3-7-18(23)8-4-16/h3-10,20-21,24-25H,2,11-15H2,1H3. The summed E-state index contributed by atoms with van der Waals surface area (Å²) in [7, 11) is 0. The van der Waals surface area contributed by atoms with Gasteiger partial charge < -0.3 is 9.64 Å². The third-order valence-electron chi connectivity index (χ3n) is 5.61. The SMILES string of the molecule is CCOc1ccc(C(=O)N2CCN(C3CC(c4ccc(Cl)cc4)NN3)CC2)cc1. The van der Waals surface area contributed by atoms with Crippen LogP contribution in [0.15, 0.2) is 48.5 Å². The molecule has 2 heterocycles. The lowest BCUT2D eigenvalue weighted by atomic mass is 10.0. The van der Waals surface area contributed by atoms with Gasteiger partial charge in [-0.3, -0.25) is 9.69 Å². The van der Waals surface area contributed by atoms with Crippen LogP contribution in [0.25, 0.3) is 0 Å². The number of amides is 1. The molecule has 1 amide bonds. The van der Waals surface area contributed by atoms with E-state index >= 15 is 0 Å². The minimum atomic E-state index is 0.0873. The molecule has 0 bridgehead atoms. The molecule has 0 aromatic heterocycles. The predicted octanol–water partition coefficient (Wildman–Crippen LogP) is 3.06. The maximum absolute atomic E-state index is 12.8. The molecule has 2 fully saturated rings. The van der Waals surface area contributed by atoms with Crippen molar-refractivity contribution in [2.45, 2.75) is 25.6 Å². The Morgan fingerprint density at radius 2 is 1.72 bits per heavy atom. The Hall–Kier alpha value is -2.12. The van der Waals surface area contributed by atoms with Gasteiger partial charge in [0.25, 0.3) is 5.91 Å². The van der Waals surface area contributed by atoms with E-state index in [0.29, 0.717) is 12.2 Å². The lowest BCUT2D eigenvalue weighted by Crippen LogP contribution is -2.55. The first kappa shape index (κ1) is 20.2. The largest absolute Gasteiger partial charge is 0.494 e. The summed E-state index contributed by atoms with van der Waals surface area (Å²) in [4.78, 5) is 17.1. The van der Waals surface area contributed by atoms with Gasteiger partial charge in [-0.2, -0.15) is 0 Å². The highest BCUT2D eigenvalue weighted by atomic mass is 35.5. The van der Waals surface area contributed by atoms with E-state index in [-0.39, 0.29) is 18.1 Å². The Morgan fingerprint density at radius 1 is 1.03 bits per heavy atom. The highest BCUT2D eigenvalue weighted by Crippen LogP contribution is 2.25. The Balaban J connectivity index is 1.29. The molecular weight excluding hydrogens is 388 g/mol. The van der Waals surface area contributed by atoms with Crippen molar-refractivity contribution >= 4 is 17.5 Å². The van der Waals surface area contributed by atoms with E-state index in [1.165, 1.54) is 5.56 Å². The molecular formula is C22H27ClN4O2. The van der Waals surface area contributed by atoms with Gasteiger partial charge >= 0.3 is 0 Å². The van der Waals surface area contributed by atoms with Gasteiger partial charge in [-0.25, -0.2) is 10.9 Å². The van der Waals surface area contributed by atoms with Gasteiger partial charge in [0.05, 0.1) is 12.8 Å². The van der Waals surface area contributed by atoms with E-state index in [0.717, 1.165) is 43.4 Å². The van der Waals surface area contributed by atoms with Crippen molar-refractivity contribution in [3.05, 3.63) is 64.7 Å². The molecule has 2 aliphatic heterocycles. The molecule has 0 saturated carbocycles. The molecule has 2 aromatic carbocycles. The van der Waals surface area contributed by atoms with Crippen LogP contribution in [0.5, 0.6) is 5.75 Å². The normalized spacial score (nSPS) is 22.6. The fourth-order valence-electron chi connectivity index (χ4n) is 3.97. The fourth-order valence-corrected chi connectivity index (χ4v) is 4.10. The maximum atomic E-state index is 12.8. The van der Waals surface area contributed by atoms with Crippen LogP contribution in [-0.2, 0) is 0 Å². The van der Waals surface area contributed by atoms with Gasteiger partial charge in [0.2, 0.25) is 0 Å². The summed E-state index contributed by atoms with van der Waals surface area (Å²) in [6.45, 7) is 5.75. The molecule has 0 spiro atoms. The van der Waals surface area contributed by atoms with Gasteiger partial charge in [0.1, 0.15) is 5.75 Å². The molecule has 2 unspecified atom stereocenters. The summed E-state index contributed by atoms with van der Waals surface area (Å²) in [5.41, 5.74) is 8.74. The summed E-state index contributed by atoms with van der Waals surface area (Å²) in [5, 5.41) is 0.754. The zero-order chi connectivity index (χ0) is 20.2. The Bertz CT molecular complexity index is 820. The number of benzene rings is 2. The van der Waals surface area contributed by atoms with Crippen molar-refractivity contribution in [1.82, 2.24) is 20.7 Å². The monoisotopic (exact) mass is 414 g/mol. The number of hydrazine groups is 1. The zero-order valence-electron chi connectivity index (χ0n) is 16.6. The predicted molar refractivity (Wildman–Crippen MR) is 114 cm³/mol. The van der Waals surface area contributed by atoms with Crippen molar-refractivity contribution in [2.75, 3.05) is 32.8 Å². The molecule has 2 atom stereocenters. The van der Waals surface area contributed by atoms with Crippen LogP contribution < -0.4 is 15.6 Å². The van der Waals surface area contributed by atoms with Gasteiger partial charge in [-0.15, -0.1) is 0 Å². The first-order valence-corrected chi connectivity index (χ1v) is 10.5. The molecule has 2 N–H and O–H groups in total. The van der Waals surface area contributed by atoms with E-state index in [4.69, 9.17) is 16.3 Å². The number of carbonyl (C=O) groups is 1. The van der Waals surface area contributed by atoms with Crippen LogP contribution in [0.4, 0.5) is 0 Å². The van der Waals surface area contributed by atoms with E-state index in [1.807, 2.05) is 48.2 Å². The molecule has 2 aliphatic rings. The molecule has 6 nitrogen and oxygen atoms in total. The van der Waals surface area contributed by atoms with Crippen LogP contribution in [-0.4, -0.2) is 54.7 Å². The summed E-state index contributed by atoms with van der Waals surface area (Å²) in [6, 6.07) is 15.7. The third-order valence-corrected chi connectivity index (χ3v) is 5.86. The van der Waals surface area contributed by atoms with Crippen LogP contribution in [0.3, 0.4) is 0 Å². The van der Waals surface area contributed by atoms with Gasteiger partial charge in [-0.05, 0) is 55.3 Å². The number of nitrogens with zero attached hydrogens (tertiary/aromatic N) is 2. The molecule has 0 radical (unpaired) electrons. The lowest BCUT2D eigenvalue weighted by Gasteiger charge is -2.37. The quantitative estimate of drug-likeness (QED) is 0.787. The highest BCUT2D eigenvalue weighted by molar-refractivity contribution is 6.30.